The van der Waals surface area contributed by atoms with E-state index in [2.05, 4.69) is 31.2 Å². The first-order chi connectivity index (χ1) is 7.18. The molecule has 84 valence electrons. The quantitative estimate of drug-likeness (QED) is 0.644. The molecular weight excluding hydrogens is 293 g/mol. The number of carbonyl (C=O) groups excluding carboxylic acids is 1. The summed E-state index contributed by atoms with van der Waals surface area (Å²) in [5, 5.41) is 2.50. The van der Waals surface area contributed by atoms with Gasteiger partial charge in [0.1, 0.15) is 12.1 Å². The summed E-state index contributed by atoms with van der Waals surface area (Å²) in [5.41, 5.74) is 0.730. The molecule has 0 bridgehead atoms. The summed E-state index contributed by atoms with van der Waals surface area (Å²) >= 11 is 8.59. The molecule has 2 aromatic rings. The van der Waals surface area contributed by atoms with E-state index in [9.17, 15) is 4.79 Å². The van der Waals surface area contributed by atoms with Gasteiger partial charge >= 0.3 is 5.37 Å². The van der Waals surface area contributed by atoms with Crippen molar-refractivity contribution in [2.75, 3.05) is 5.32 Å². The van der Waals surface area contributed by atoms with Crippen LogP contribution in [0.15, 0.2) is 29.0 Å². The molecule has 1 N–H and O–H groups in total. The molecule has 0 saturated heterocycles. The van der Waals surface area contributed by atoms with Crippen LogP contribution in [0.3, 0.4) is 0 Å². The van der Waals surface area contributed by atoms with E-state index in [0.29, 0.717) is 5.82 Å². The van der Waals surface area contributed by atoms with E-state index >= 15 is 0 Å². The van der Waals surface area contributed by atoms with Gasteiger partial charge in [-0.3, -0.25) is 10.1 Å². The fourth-order valence-corrected chi connectivity index (χ4v) is 1.80. The Morgan fingerprint density at radius 3 is 2.81 bits per heavy atom. The van der Waals surface area contributed by atoms with Crippen LogP contribution in [0.1, 0.15) is 7.43 Å². The lowest BCUT2D eigenvalue weighted by Gasteiger charge is -2.04. The second-order valence-electron chi connectivity index (χ2n) is 2.76. The van der Waals surface area contributed by atoms with Crippen molar-refractivity contribution < 1.29 is 4.79 Å². The second kappa shape index (κ2) is 5.23. The summed E-state index contributed by atoms with van der Waals surface area (Å²) in [6, 6.07) is 5.50. The number of nitrogens with one attached hydrogen (secondary N) is 1. The van der Waals surface area contributed by atoms with Gasteiger partial charge in [0.15, 0.2) is 0 Å². The monoisotopic (exact) mass is 301 g/mol. The van der Waals surface area contributed by atoms with E-state index in [0.717, 1.165) is 15.4 Å². The number of carbonyl (C=O) groups is 1. The van der Waals surface area contributed by atoms with Crippen LogP contribution in [0.25, 0.3) is 10.9 Å². The molecule has 0 unspecified atom stereocenters. The second-order valence-corrected chi connectivity index (χ2v) is 3.95. The van der Waals surface area contributed by atoms with Crippen LogP contribution in [0.4, 0.5) is 10.6 Å². The molecule has 1 aromatic heterocycles. The van der Waals surface area contributed by atoms with Crippen molar-refractivity contribution in [1.29, 1.82) is 0 Å². The van der Waals surface area contributed by atoms with Crippen LogP contribution < -0.4 is 5.32 Å². The Balaban J connectivity index is 0.00000128. The Kier molecular flexibility index (Phi) is 4.20. The summed E-state index contributed by atoms with van der Waals surface area (Å²) < 4.78 is 0.840. The number of halogens is 2. The highest BCUT2D eigenvalue weighted by molar-refractivity contribution is 9.10. The normalized spacial score (nSPS) is 9.62. The predicted molar refractivity (Wildman–Crippen MR) is 68.8 cm³/mol. The highest BCUT2D eigenvalue weighted by atomic mass is 79.9. The van der Waals surface area contributed by atoms with Crippen molar-refractivity contribution in [2.45, 2.75) is 7.43 Å². The molecule has 0 atom stereocenters. The maximum Gasteiger partial charge on any atom is 0.319 e. The number of benzene rings is 1. The summed E-state index contributed by atoms with van der Waals surface area (Å²) in [7, 11) is 0. The molecule has 0 saturated carbocycles. The first-order valence-electron chi connectivity index (χ1n) is 4.04. The molecule has 2 rings (SSSR count). The first kappa shape index (κ1) is 12.9. The average Bonchev–Trinajstić information content (AvgIpc) is 2.19. The van der Waals surface area contributed by atoms with Crippen molar-refractivity contribution >= 4 is 49.6 Å². The molecule has 1 aromatic carbocycles. The van der Waals surface area contributed by atoms with Crippen molar-refractivity contribution in [3.63, 3.8) is 0 Å². The number of hydrogen-bond acceptors (Lipinski definition) is 3. The summed E-state index contributed by atoms with van der Waals surface area (Å²) in [6.45, 7) is 0. The Morgan fingerprint density at radius 2 is 2.12 bits per heavy atom. The SMILES string of the molecule is C.O=C(Cl)Nc1ncnc2c(Br)cccc12. The van der Waals surface area contributed by atoms with Gasteiger partial charge in [0.25, 0.3) is 0 Å². The molecule has 1 amide bonds. The maximum atomic E-state index is 10.7. The third-order valence-corrected chi connectivity index (χ3v) is 2.57. The van der Waals surface area contributed by atoms with E-state index in [4.69, 9.17) is 11.6 Å². The largest absolute Gasteiger partial charge is 0.319 e. The number of rotatable bonds is 1. The molecule has 0 aliphatic heterocycles. The van der Waals surface area contributed by atoms with Crippen LogP contribution in [0, 0.1) is 0 Å². The number of fused-ring (bicyclic) bond motifs is 1. The third-order valence-electron chi connectivity index (χ3n) is 1.83. The lowest BCUT2D eigenvalue weighted by molar-refractivity contribution is 0.269. The molecule has 0 aliphatic rings. The standard InChI is InChI=1S/C9H5BrClN3O.CH4/c10-6-3-1-2-5-7(6)12-4-13-8(5)14-9(11)15;/h1-4H,(H,12,13,14,15);1H4. The van der Waals surface area contributed by atoms with Gasteiger partial charge in [-0.1, -0.05) is 13.5 Å². The van der Waals surface area contributed by atoms with Gasteiger partial charge < -0.3 is 0 Å². The zero-order valence-electron chi connectivity index (χ0n) is 7.37. The van der Waals surface area contributed by atoms with Crippen LogP contribution in [0.2, 0.25) is 0 Å². The minimum absolute atomic E-state index is 0. The summed E-state index contributed by atoms with van der Waals surface area (Å²) in [5.74, 6) is 0.404. The van der Waals surface area contributed by atoms with Crippen LogP contribution in [-0.2, 0) is 0 Å². The first-order valence-corrected chi connectivity index (χ1v) is 5.21. The number of nitrogens with zero attached hydrogens (tertiary/aromatic N) is 2. The van der Waals surface area contributed by atoms with Gasteiger partial charge in [0.2, 0.25) is 0 Å². The number of aromatic nitrogens is 2. The molecule has 4 nitrogen and oxygen atoms in total. The van der Waals surface area contributed by atoms with Crippen LogP contribution in [-0.4, -0.2) is 15.3 Å². The van der Waals surface area contributed by atoms with Crippen molar-refractivity contribution in [1.82, 2.24) is 9.97 Å². The highest BCUT2D eigenvalue weighted by Crippen LogP contribution is 2.25. The summed E-state index contributed by atoms with van der Waals surface area (Å²) in [4.78, 5) is 18.8. The number of anilines is 1. The van der Waals surface area contributed by atoms with E-state index in [1.165, 1.54) is 6.33 Å². The van der Waals surface area contributed by atoms with Crippen LogP contribution in [0.5, 0.6) is 0 Å². The Morgan fingerprint density at radius 1 is 1.38 bits per heavy atom. The van der Waals surface area contributed by atoms with E-state index in [1.54, 1.807) is 0 Å². The maximum absolute atomic E-state index is 10.7. The predicted octanol–water partition coefficient (Wildman–Crippen LogP) is 3.80. The van der Waals surface area contributed by atoms with Gasteiger partial charge in [-0.15, -0.1) is 0 Å². The third kappa shape index (κ3) is 2.48. The smallest absolute Gasteiger partial charge is 0.296 e. The Hall–Kier alpha value is -1.20. The van der Waals surface area contributed by atoms with Gasteiger partial charge in [0.05, 0.1) is 5.52 Å². The molecule has 0 fully saturated rings. The zero-order valence-corrected chi connectivity index (χ0v) is 9.71. The highest BCUT2D eigenvalue weighted by Gasteiger charge is 2.07. The Bertz CT molecular complexity index is 532. The molecule has 0 aliphatic carbocycles. The molecular formula is C10H9BrClN3O. The zero-order chi connectivity index (χ0) is 10.8. The van der Waals surface area contributed by atoms with Crippen molar-refractivity contribution in [2.24, 2.45) is 0 Å². The number of hydrogen-bond donors (Lipinski definition) is 1. The van der Waals surface area contributed by atoms with Gasteiger partial charge in [-0.25, -0.2) is 9.97 Å². The van der Waals surface area contributed by atoms with E-state index in [-0.39, 0.29) is 7.43 Å². The lowest BCUT2D eigenvalue weighted by Crippen LogP contribution is -2.04. The van der Waals surface area contributed by atoms with Crippen molar-refractivity contribution in [3.05, 3.63) is 29.0 Å². The van der Waals surface area contributed by atoms with Gasteiger partial charge in [-0.05, 0) is 39.7 Å². The molecule has 1 heterocycles. The van der Waals surface area contributed by atoms with E-state index < -0.39 is 5.37 Å². The Labute approximate surface area is 106 Å². The molecule has 0 radical (unpaired) electrons. The van der Waals surface area contributed by atoms with Crippen LogP contribution >= 0.6 is 27.5 Å². The van der Waals surface area contributed by atoms with Crippen molar-refractivity contribution in [3.8, 4) is 0 Å². The van der Waals surface area contributed by atoms with E-state index in [1.807, 2.05) is 18.2 Å². The topological polar surface area (TPSA) is 54.9 Å². The number of amides is 1. The fraction of sp³-hybridized carbons (Fsp3) is 0.100. The average molecular weight is 303 g/mol. The molecule has 0 spiro atoms. The minimum Gasteiger partial charge on any atom is -0.296 e. The number of para-hydroxylation sites is 1. The lowest BCUT2D eigenvalue weighted by atomic mass is 10.2. The van der Waals surface area contributed by atoms with Gasteiger partial charge in [-0.2, -0.15) is 0 Å². The molecule has 16 heavy (non-hydrogen) atoms. The summed E-state index contributed by atoms with van der Waals surface area (Å²) in [6.07, 6.45) is 1.37. The minimum atomic E-state index is -0.671. The van der Waals surface area contributed by atoms with Gasteiger partial charge in [0, 0.05) is 9.86 Å². The molecule has 6 heteroatoms. The fourth-order valence-electron chi connectivity index (χ4n) is 1.24.